The lowest BCUT2D eigenvalue weighted by molar-refractivity contribution is -0.137. The van der Waals surface area contributed by atoms with Crippen molar-refractivity contribution in [3.8, 4) is 11.5 Å². The average Bonchev–Trinajstić information content (AvgIpc) is 3.47. The number of carboxylic acids is 1. The molecule has 1 aromatic heterocycles. The molecule has 0 amide bonds. The number of carbonyl (C=O) groups is 1. The van der Waals surface area contributed by atoms with E-state index in [9.17, 15) is 23.1 Å². The number of rotatable bonds is 10. The summed E-state index contributed by atoms with van der Waals surface area (Å²) in [6, 6.07) is 12.6. The number of carboxylic acid groups (broad SMARTS) is 1. The molecule has 1 aliphatic rings. The molecule has 4 rings (SSSR count). The lowest BCUT2D eigenvalue weighted by Gasteiger charge is -2.23. The van der Waals surface area contributed by atoms with Gasteiger partial charge in [0.1, 0.15) is 22.1 Å². The van der Waals surface area contributed by atoms with Crippen molar-refractivity contribution in [3.63, 3.8) is 0 Å². The van der Waals surface area contributed by atoms with Crippen LogP contribution in [0.15, 0.2) is 54.4 Å². The number of aliphatic carboxylic acids is 1. The van der Waals surface area contributed by atoms with Gasteiger partial charge < -0.3 is 29.9 Å². The molecule has 38 heavy (non-hydrogen) atoms. The first-order valence-electron chi connectivity index (χ1n) is 11.5. The van der Waals surface area contributed by atoms with Gasteiger partial charge in [-0.15, -0.1) is 11.3 Å². The third-order valence-electron chi connectivity index (χ3n) is 5.72. The number of hydrogen-bond acceptors (Lipinski definition) is 7. The zero-order valence-corrected chi connectivity index (χ0v) is 21.7. The zero-order valence-electron chi connectivity index (χ0n) is 20.1. The number of methoxy groups -OCH3 is 1. The Morgan fingerprint density at radius 2 is 1.84 bits per heavy atom. The molecule has 2 aromatic carbocycles. The minimum atomic E-state index is -4.47. The summed E-state index contributed by atoms with van der Waals surface area (Å²) in [5.41, 5.74) is 1.55. The van der Waals surface area contributed by atoms with Crippen molar-refractivity contribution in [1.29, 1.82) is 0 Å². The van der Waals surface area contributed by atoms with Gasteiger partial charge in [0, 0.05) is 58.7 Å². The first-order valence-corrected chi connectivity index (χ1v) is 12.7. The summed E-state index contributed by atoms with van der Waals surface area (Å²) in [4.78, 5) is 12.0. The van der Waals surface area contributed by atoms with Crippen molar-refractivity contribution in [3.05, 3.63) is 74.8 Å². The van der Waals surface area contributed by atoms with Crippen molar-refractivity contribution in [2.75, 3.05) is 30.5 Å². The highest BCUT2D eigenvalue weighted by Gasteiger charge is 2.37. The molecule has 0 atom stereocenters. The Bertz CT molecular complexity index is 1340. The van der Waals surface area contributed by atoms with Crippen LogP contribution < -0.4 is 19.7 Å². The Kier molecular flexibility index (Phi) is 8.27. The maximum Gasteiger partial charge on any atom is 0.425 e. The summed E-state index contributed by atoms with van der Waals surface area (Å²) < 4.78 is 51.0. The predicted molar refractivity (Wildman–Crippen MR) is 140 cm³/mol. The van der Waals surface area contributed by atoms with Gasteiger partial charge in [-0.3, -0.25) is 4.79 Å². The number of ether oxygens (including phenoxy) is 2. The second-order valence-corrected chi connectivity index (χ2v) is 9.97. The highest BCUT2D eigenvalue weighted by molar-refractivity contribution is 7.12. The van der Waals surface area contributed by atoms with Crippen LogP contribution >= 0.6 is 22.9 Å². The number of alkyl halides is 3. The van der Waals surface area contributed by atoms with Gasteiger partial charge in [0.2, 0.25) is 5.88 Å². The summed E-state index contributed by atoms with van der Waals surface area (Å²) in [7, 11) is 1.47. The molecule has 0 radical (unpaired) electrons. The van der Waals surface area contributed by atoms with E-state index in [4.69, 9.17) is 26.2 Å². The molecule has 12 heteroatoms. The maximum absolute atomic E-state index is 13.3. The molecule has 0 saturated heterocycles. The Balaban J connectivity index is 1.69. The van der Waals surface area contributed by atoms with Crippen LogP contribution in [0.25, 0.3) is 5.70 Å². The SMILES string of the molecule is COc1cc(N/C(=C(/O)N2CCc3sc(C(F)(F)F)cc32)c2ccc(Cl)cc2)cc(OCCCC(=O)O)c1. The number of nitrogens with zero attached hydrogens (tertiary/aromatic N) is 1. The average molecular weight is 569 g/mol. The van der Waals surface area contributed by atoms with Gasteiger partial charge in [0.15, 0.2) is 0 Å². The second kappa shape index (κ2) is 11.4. The monoisotopic (exact) mass is 568 g/mol. The Morgan fingerprint density at radius 3 is 2.50 bits per heavy atom. The summed E-state index contributed by atoms with van der Waals surface area (Å²) in [5.74, 6) is -0.338. The van der Waals surface area contributed by atoms with Gasteiger partial charge in [-0.25, -0.2) is 0 Å². The van der Waals surface area contributed by atoms with E-state index < -0.39 is 17.0 Å². The lowest BCUT2D eigenvalue weighted by Crippen LogP contribution is -2.23. The number of aliphatic hydroxyl groups is 1. The molecule has 7 nitrogen and oxygen atoms in total. The molecular weight excluding hydrogens is 545 g/mol. The van der Waals surface area contributed by atoms with Crippen molar-refractivity contribution in [2.24, 2.45) is 0 Å². The van der Waals surface area contributed by atoms with Crippen LogP contribution in [0.4, 0.5) is 24.5 Å². The van der Waals surface area contributed by atoms with Gasteiger partial charge in [0.25, 0.3) is 0 Å². The van der Waals surface area contributed by atoms with Crippen LogP contribution in [0.1, 0.15) is 28.2 Å². The van der Waals surface area contributed by atoms with Crippen LogP contribution in [0.5, 0.6) is 11.5 Å². The summed E-state index contributed by atoms with van der Waals surface area (Å²) in [5, 5.41) is 23.8. The van der Waals surface area contributed by atoms with Gasteiger partial charge in [-0.1, -0.05) is 23.7 Å². The highest BCUT2D eigenvalue weighted by atomic mass is 35.5. The van der Waals surface area contributed by atoms with Gasteiger partial charge >= 0.3 is 12.1 Å². The van der Waals surface area contributed by atoms with E-state index in [0.717, 1.165) is 6.07 Å². The second-order valence-electron chi connectivity index (χ2n) is 8.39. The molecule has 0 spiro atoms. The normalized spacial score (nSPS) is 13.7. The largest absolute Gasteiger partial charge is 0.497 e. The summed E-state index contributed by atoms with van der Waals surface area (Å²) in [6.45, 7) is 0.472. The van der Waals surface area contributed by atoms with Gasteiger partial charge in [-0.05, 0) is 24.6 Å². The minimum Gasteiger partial charge on any atom is -0.497 e. The number of hydrogen-bond donors (Lipinski definition) is 3. The van der Waals surface area contributed by atoms with Crippen LogP contribution in [0.2, 0.25) is 5.02 Å². The van der Waals surface area contributed by atoms with E-state index >= 15 is 0 Å². The molecule has 202 valence electrons. The van der Waals surface area contributed by atoms with Crippen LogP contribution in [-0.4, -0.2) is 36.4 Å². The van der Waals surface area contributed by atoms with E-state index in [1.807, 2.05) is 0 Å². The molecule has 1 aliphatic heterocycles. The number of nitrogens with one attached hydrogen (secondary N) is 1. The quantitative estimate of drug-likeness (QED) is 0.179. The third-order valence-corrected chi connectivity index (χ3v) is 7.20. The standard InChI is InChI=1S/C26H24ClF3N2O5S/c1-36-18-11-17(12-19(13-18)37-10-2-3-23(33)34)31-24(15-4-6-16(27)7-5-15)25(35)32-9-8-21-20(32)14-22(38-21)26(28,29)30/h4-7,11-14,31,35H,2-3,8-10H2,1H3,(H,33,34)/b25-24+. The van der Waals surface area contributed by atoms with E-state index in [2.05, 4.69) is 5.32 Å². The van der Waals surface area contributed by atoms with E-state index in [0.29, 0.717) is 69.1 Å². The molecule has 3 N–H and O–H groups in total. The topological polar surface area (TPSA) is 91.3 Å². The molecule has 0 saturated carbocycles. The van der Waals surface area contributed by atoms with Gasteiger partial charge in [0.05, 0.1) is 19.4 Å². The molecule has 2 heterocycles. The number of fused-ring (bicyclic) bond motifs is 1. The highest BCUT2D eigenvalue weighted by Crippen LogP contribution is 2.44. The zero-order chi connectivity index (χ0) is 27.4. The summed E-state index contributed by atoms with van der Waals surface area (Å²) in [6.07, 6.45) is -3.84. The fourth-order valence-electron chi connectivity index (χ4n) is 3.93. The molecule has 0 aliphatic carbocycles. The molecular formula is C26H24ClF3N2O5S. The van der Waals surface area contributed by atoms with E-state index in [1.54, 1.807) is 42.5 Å². The van der Waals surface area contributed by atoms with Crippen molar-refractivity contribution >= 4 is 46.0 Å². The Morgan fingerprint density at radius 1 is 1.13 bits per heavy atom. The first-order chi connectivity index (χ1) is 18.0. The Hall–Kier alpha value is -3.57. The number of benzene rings is 2. The number of aliphatic hydroxyl groups excluding tert-OH is 1. The third kappa shape index (κ3) is 6.46. The van der Waals surface area contributed by atoms with E-state index in [-0.39, 0.29) is 24.6 Å². The molecule has 0 unspecified atom stereocenters. The van der Waals surface area contributed by atoms with Crippen LogP contribution in [0.3, 0.4) is 0 Å². The summed E-state index contributed by atoms with van der Waals surface area (Å²) >= 11 is 6.73. The van der Waals surface area contributed by atoms with Crippen molar-refractivity contribution in [2.45, 2.75) is 25.4 Å². The lowest BCUT2D eigenvalue weighted by atomic mass is 10.1. The number of thiophene rings is 1. The fourth-order valence-corrected chi connectivity index (χ4v) is 5.08. The van der Waals surface area contributed by atoms with E-state index in [1.165, 1.54) is 12.0 Å². The molecule has 0 fully saturated rings. The predicted octanol–water partition coefficient (Wildman–Crippen LogP) is 7.03. The van der Waals surface area contributed by atoms with Crippen molar-refractivity contribution < 1.29 is 37.7 Å². The molecule has 3 aromatic rings. The van der Waals surface area contributed by atoms with Crippen LogP contribution in [-0.2, 0) is 17.4 Å². The minimum absolute atomic E-state index is 0.0388. The fraction of sp³-hybridized carbons (Fsp3) is 0.269. The van der Waals surface area contributed by atoms with Gasteiger partial charge in [-0.2, -0.15) is 13.2 Å². The number of anilines is 2. The number of halogens is 4. The van der Waals surface area contributed by atoms with Crippen molar-refractivity contribution in [1.82, 2.24) is 0 Å². The Labute approximate surface area is 225 Å². The maximum atomic E-state index is 13.3. The van der Waals surface area contributed by atoms with Crippen LogP contribution in [0, 0.1) is 0 Å². The molecule has 0 bridgehead atoms. The smallest absolute Gasteiger partial charge is 0.425 e. The first kappa shape index (κ1) is 27.5.